The first-order chi connectivity index (χ1) is 47.5. The summed E-state index contributed by atoms with van der Waals surface area (Å²) in [5, 5.41) is 67.5. The Morgan fingerprint density at radius 2 is 0.469 bits per heavy atom. The summed E-state index contributed by atoms with van der Waals surface area (Å²) >= 11 is 0. The van der Waals surface area contributed by atoms with Gasteiger partial charge in [0.15, 0.2) is 0 Å². The Labute approximate surface area is 547 Å². The van der Waals surface area contributed by atoms with Gasteiger partial charge in [-0.3, -0.25) is 0 Å². The van der Waals surface area contributed by atoms with E-state index in [-0.39, 0.29) is 16.7 Å². The molecule has 0 aliphatic carbocycles. The van der Waals surface area contributed by atoms with Crippen LogP contribution in [0.1, 0.15) is 22.3 Å². The quantitative estimate of drug-likeness (QED) is 0.171. The molecule has 0 bridgehead atoms. The average molecular weight is 1220 g/mol. The molecule has 0 atom stereocenters. The lowest BCUT2D eigenvalue weighted by Crippen LogP contribution is -2.05. The maximum absolute atomic E-state index is 11.6. The molecule has 8 nitrogen and oxygen atoms in total. The summed E-state index contributed by atoms with van der Waals surface area (Å²) in [5.41, 5.74) is 13.2. The Hall–Kier alpha value is -13.8. The summed E-state index contributed by atoms with van der Waals surface area (Å²) in [6.45, 7) is 0. The second-order valence-corrected chi connectivity index (χ2v) is 25.0. The molecule has 0 unspecified atom stereocenters. The average Bonchev–Trinajstić information content (AvgIpc) is 1.54. The monoisotopic (exact) mass is 1210 g/mol. The zero-order valence-electron chi connectivity index (χ0n) is 51.1. The standard InChI is InChI=1S/C88H46N8/c89-47-69-70(48-90)76(44-43-75(69)93-79-39-32-51-15-1-5-19-55(51)83(79)84-56-20-6-2-16-52(56)33-40-80(84)93)94-81-41-34-53-17-3-7-21-57(53)85(81)86-65-27-13-25-59(61(65)38-42-82(86)94)60-26-14-28-66-62(60)36-37-68-64-24-10-12-30-74(64)96(88(66)68)78-46-45-77(71(49-91)72(78)50-92)95-73-29-11-9-23-63(73)67-35-31-54-18-4-8-22-58(54)87(67)95/h1-46H. The van der Waals surface area contributed by atoms with E-state index in [1.54, 1.807) is 0 Å². The van der Waals surface area contributed by atoms with E-state index >= 15 is 0 Å². The number of nitriles is 4. The highest BCUT2D eigenvalue weighted by Gasteiger charge is 2.28. The van der Waals surface area contributed by atoms with Gasteiger partial charge in [0, 0.05) is 53.9 Å². The van der Waals surface area contributed by atoms with E-state index in [2.05, 4.69) is 267 Å². The summed E-state index contributed by atoms with van der Waals surface area (Å²) in [6.07, 6.45) is 0. The number of rotatable bonds is 5. The molecule has 0 N–H and O–H groups in total. The van der Waals surface area contributed by atoms with Crippen LogP contribution in [0.4, 0.5) is 0 Å². The fourth-order valence-corrected chi connectivity index (χ4v) is 16.6. The van der Waals surface area contributed by atoms with Gasteiger partial charge in [-0.2, -0.15) is 21.0 Å². The number of nitrogens with zero attached hydrogens (tertiary/aromatic N) is 8. The normalized spacial score (nSPS) is 11.9. The van der Waals surface area contributed by atoms with Gasteiger partial charge in [0.2, 0.25) is 0 Å². The second-order valence-electron chi connectivity index (χ2n) is 25.0. The number of para-hydroxylation sites is 2. The Morgan fingerprint density at radius 1 is 0.188 bits per heavy atom. The molecule has 0 saturated heterocycles. The minimum absolute atomic E-state index is 0.283. The molecule has 438 valence electrons. The predicted molar refractivity (Wildman–Crippen MR) is 393 cm³/mol. The van der Waals surface area contributed by atoms with Crippen molar-refractivity contribution in [1.82, 2.24) is 18.3 Å². The van der Waals surface area contributed by atoms with Crippen molar-refractivity contribution in [3.63, 3.8) is 0 Å². The van der Waals surface area contributed by atoms with Crippen LogP contribution >= 0.6 is 0 Å². The summed E-state index contributed by atoms with van der Waals surface area (Å²) in [7, 11) is 0. The van der Waals surface area contributed by atoms with Crippen LogP contribution in [0.3, 0.4) is 0 Å². The maximum atomic E-state index is 11.6. The lowest BCUT2D eigenvalue weighted by Gasteiger charge is -2.17. The molecule has 0 fully saturated rings. The predicted octanol–water partition coefficient (Wildman–Crippen LogP) is 22.1. The zero-order valence-corrected chi connectivity index (χ0v) is 51.1. The molecular weight excluding hydrogens is 1170 g/mol. The Kier molecular flexibility index (Phi) is 11.0. The number of benzene rings is 16. The van der Waals surface area contributed by atoms with Crippen LogP contribution in [-0.4, -0.2) is 18.3 Å². The zero-order chi connectivity index (χ0) is 63.6. The van der Waals surface area contributed by atoms with Gasteiger partial charge < -0.3 is 18.3 Å². The molecule has 0 saturated carbocycles. The molecule has 8 heteroatoms. The van der Waals surface area contributed by atoms with Gasteiger partial charge in [-0.25, -0.2) is 0 Å². The summed E-state index contributed by atoms with van der Waals surface area (Å²) in [4.78, 5) is 0. The first-order valence-corrected chi connectivity index (χ1v) is 32.1. The van der Waals surface area contributed by atoms with Crippen molar-refractivity contribution >= 4 is 152 Å². The van der Waals surface area contributed by atoms with Gasteiger partial charge in [-0.1, -0.05) is 218 Å². The second kappa shape index (κ2) is 19.9. The highest BCUT2D eigenvalue weighted by Crippen LogP contribution is 2.49. The molecule has 96 heavy (non-hydrogen) atoms. The van der Waals surface area contributed by atoms with Crippen molar-refractivity contribution in [3.8, 4) is 58.2 Å². The fraction of sp³-hybridized carbons (Fsp3) is 0. The topological polar surface area (TPSA) is 115 Å². The minimum atomic E-state index is 0.283. The minimum Gasteiger partial charge on any atom is -0.308 e. The SMILES string of the molecule is N#Cc1c(-n2c3ccc4ccccc4c3c3c4ccccc4ccc32)ccc(-n2c3ccc4ccccc4c3c3c4cccc(-c5cccc6c5ccc5c7ccccc7n(-c7ccc(-n8c9ccccc9c9ccc%10ccccc%10c98)c(C#N)c7C#N)c65)c4ccc32)c1C#N. The van der Waals surface area contributed by atoms with Gasteiger partial charge in [0.1, 0.15) is 24.3 Å². The molecule has 0 aliphatic heterocycles. The molecule has 0 amide bonds. The third kappa shape index (κ3) is 7.00. The highest BCUT2D eigenvalue weighted by atomic mass is 15.0. The van der Waals surface area contributed by atoms with Gasteiger partial charge in [-0.15, -0.1) is 0 Å². The Balaban J connectivity index is 0.801. The molecule has 20 aromatic rings. The molecular formula is C88H46N8. The van der Waals surface area contributed by atoms with E-state index in [1.165, 1.54) is 0 Å². The van der Waals surface area contributed by atoms with E-state index in [4.69, 9.17) is 0 Å². The first-order valence-electron chi connectivity index (χ1n) is 32.1. The van der Waals surface area contributed by atoms with Crippen molar-refractivity contribution in [2.45, 2.75) is 0 Å². The fourth-order valence-electron chi connectivity index (χ4n) is 16.6. The molecule has 0 spiro atoms. The van der Waals surface area contributed by atoms with Crippen molar-refractivity contribution in [2.75, 3.05) is 0 Å². The number of aromatic nitrogens is 4. The van der Waals surface area contributed by atoms with E-state index in [0.717, 1.165) is 163 Å². The van der Waals surface area contributed by atoms with E-state index < -0.39 is 0 Å². The lowest BCUT2D eigenvalue weighted by molar-refractivity contribution is 1.12. The maximum Gasteiger partial charge on any atom is 0.103 e. The lowest BCUT2D eigenvalue weighted by atomic mass is 9.91. The molecule has 0 radical (unpaired) electrons. The van der Waals surface area contributed by atoms with Crippen molar-refractivity contribution in [2.24, 2.45) is 0 Å². The van der Waals surface area contributed by atoms with Crippen LogP contribution in [0.15, 0.2) is 279 Å². The van der Waals surface area contributed by atoms with Crippen molar-refractivity contribution in [1.29, 1.82) is 21.0 Å². The highest BCUT2D eigenvalue weighted by molar-refractivity contribution is 6.32. The van der Waals surface area contributed by atoms with E-state index in [1.807, 2.05) is 54.6 Å². The van der Waals surface area contributed by atoms with Gasteiger partial charge in [-0.05, 0) is 126 Å². The summed E-state index contributed by atoms with van der Waals surface area (Å²) in [5.74, 6) is 0. The van der Waals surface area contributed by atoms with Gasteiger partial charge >= 0.3 is 0 Å². The van der Waals surface area contributed by atoms with E-state index in [0.29, 0.717) is 28.3 Å². The van der Waals surface area contributed by atoms with Crippen LogP contribution in [0.2, 0.25) is 0 Å². The summed E-state index contributed by atoms with van der Waals surface area (Å²) < 4.78 is 8.74. The third-order valence-electron chi connectivity index (χ3n) is 20.5. The molecule has 0 aliphatic rings. The van der Waals surface area contributed by atoms with E-state index in [9.17, 15) is 21.0 Å². The molecule has 4 heterocycles. The number of hydrogen-bond donors (Lipinski definition) is 0. The Morgan fingerprint density at radius 3 is 0.917 bits per heavy atom. The van der Waals surface area contributed by atoms with Crippen LogP contribution in [0.5, 0.6) is 0 Å². The molecule has 16 aromatic carbocycles. The third-order valence-corrected chi connectivity index (χ3v) is 20.5. The Bertz CT molecular complexity index is 7050. The van der Waals surface area contributed by atoms with Gasteiger partial charge in [0.25, 0.3) is 0 Å². The van der Waals surface area contributed by atoms with Crippen LogP contribution in [0.25, 0.3) is 186 Å². The smallest absolute Gasteiger partial charge is 0.103 e. The van der Waals surface area contributed by atoms with Crippen LogP contribution in [0, 0.1) is 45.3 Å². The largest absolute Gasteiger partial charge is 0.308 e. The number of hydrogen-bond acceptors (Lipinski definition) is 4. The van der Waals surface area contributed by atoms with Crippen LogP contribution < -0.4 is 0 Å². The summed E-state index contributed by atoms with van der Waals surface area (Å²) in [6, 6.07) is 108. The van der Waals surface area contributed by atoms with Crippen molar-refractivity contribution in [3.05, 3.63) is 301 Å². The number of fused-ring (bicyclic) bond motifs is 24. The molecule has 20 rings (SSSR count). The van der Waals surface area contributed by atoms with Crippen LogP contribution in [-0.2, 0) is 0 Å². The van der Waals surface area contributed by atoms with Crippen molar-refractivity contribution < 1.29 is 0 Å². The van der Waals surface area contributed by atoms with Gasteiger partial charge in [0.05, 0.1) is 89.1 Å². The molecule has 4 aromatic heterocycles. The first kappa shape index (κ1) is 53.0.